The quantitative estimate of drug-likeness (QED) is 0.842. The fourth-order valence-electron chi connectivity index (χ4n) is 1.37. The van der Waals surface area contributed by atoms with E-state index >= 15 is 0 Å². The molecule has 2 N–H and O–H groups in total. The Bertz CT molecular complexity index is 473. The molecular formula is C11H14N4O. The van der Waals surface area contributed by atoms with Crippen molar-refractivity contribution < 1.29 is 4.74 Å². The number of ether oxygens (including phenoxy) is 1. The number of hydrogen-bond acceptors (Lipinski definition) is 4. The first-order valence-electron chi connectivity index (χ1n) is 5.00. The molecule has 84 valence electrons. The normalized spacial score (nSPS) is 10.4. The zero-order valence-electron chi connectivity index (χ0n) is 9.34. The summed E-state index contributed by atoms with van der Waals surface area (Å²) >= 11 is 0. The van der Waals surface area contributed by atoms with Gasteiger partial charge in [-0.15, -0.1) is 0 Å². The van der Waals surface area contributed by atoms with Gasteiger partial charge in [-0.1, -0.05) is 12.1 Å². The lowest BCUT2D eigenvalue weighted by Gasteiger charge is -2.03. The number of aromatic nitrogens is 3. The van der Waals surface area contributed by atoms with E-state index in [2.05, 4.69) is 10.1 Å². The van der Waals surface area contributed by atoms with E-state index in [4.69, 9.17) is 10.5 Å². The third-order valence-corrected chi connectivity index (χ3v) is 2.20. The summed E-state index contributed by atoms with van der Waals surface area (Å²) in [5.74, 6) is 1.79. The van der Waals surface area contributed by atoms with Crippen molar-refractivity contribution in [2.45, 2.75) is 13.5 Å². The second-order valence-corrected chi connectivity index (χ2v) is 3.62. The van der Waals surface area contributed by atoms with Crippen molar-refractivity contribution >= 4 is 5.95 Å². The van der Waals surface area contributed by atoms with Crippen LogP contribution < -0.4 is 10.5 Å². The van der Waals surface area contributed by atoms with E-state index in [9.17, 15) is 0 Å². The van der Waals surface area contributed by atoms with E-state index in [1.807, 2.05) is 31.2 Å². The van der Waals surface area contributed by atoms with Crippen LogP contribution >= 0.6 is 0 Å². The molecule has 2 aromatic rings. The summed E-state index contributed by atoms with van der Waals surface area (Å²) in [7, 11) is 1.75. The topological polar surface area (TPSA) is 66.0 Å². The first-order valence-corrected chi connectivity index (χ1v) is 5.00. The highest BCUT2D eigenvalue weighted by Crippen LogP contribution is 2.13. The van der Waals surface area contributed by atoms with E-state index in [0.717, 1.165) is 11.3 Å². The van der Waals surface area contributed by atoms with E-state index in [1.165, 1.54) is 4.68 Å². The molecule has 0 spiro atoms. The van der Waals surface area contributed by atoms with Crippen LogP contribution in [0.4, 0.5) is 5.95 Å². The average Bonchev–Trinajstić information content (AvgIpc) is 2.56. The Kier molecular flexibility index (Phi) is 2.76. The number of nitrogens with zero attached hydrogens (tertiary/aromatic N) is 3. The van der Waals surface area contributed by atoms with Crippen molar-refractivity contribution in [3.05, 3.63) is 35.7 Å². The van der Waals surface area contributed by atoms with E-state index in [1.54, 1.807) is 7.05 Å². The third kappa shape index (κ3) is 2.31. The van der Waals surface area contributed by atoms with Crippen molar-refractivity contribution in [1.29, 1.82) is 0 Å². The summed E-state index contributed by atoms with van der Waals surface area (Å²) in [5.41, 5.74) is 6.73. The van der Waals surface area contributed by atoms with E-state index in [-0.39, 0.29) is 0 Å². The zero-order valence-corrected chi connectivity index (χ0v) is 9.34. The van der Waals surface area contributed by atoms with Gasteiger partial charge in [-0.3, -0.25) is 0 Å². The number of anilines is 1. The van der Waals surface area contributed by atoms with Gasteiger partial charge >= 0.3 is 0 Å². The molecule has 1 heterocycles. The number of benzene rings is 1. The van der Waals surface area contributed by atoms with Gasteiger partial charge in [-0.2, -0.15) is 10.1 Å². The molecule has 0 aliphatic heterocycles. The molecule has 0 aliphatic rings. The van der Waals surface area contributed by atoms with Crippen LogP contribution in [0.25, 0.3) is 0 Å². The molecule has 0 saturated carbocycles. The van der Waals surface area contributed by atoms with Crippen LogP contribution in [0.3, 0.4) is 0 Å². The molecule has 0 saturated heterocycles. The van der Waals surface area contributed by atoms with Crippen LogP contribution in [0.1, 0.15) is 11.4 Å². The molecule has 2 rings (SSSR count). The van der Waals surface area contributed by atoms with Crippen LogP contribution in [0.5, 0.6) is 5.75 Å². The molecule has 0 fully saturated rings. The molecule has 1 aromatic carbocycles. The standard InChI is InChI=1S/C11H14N4O/c1-8-4-3-5-9(6-8)16-7-10-13-11(12)15(2)14-10/h3-6H,7H2,1-2H3,(H2,12,13,14). The summed E-state index contributed by atoms with van der Waals surface area (Å²) in [4.78, 5) is 4.05. The average molecular weight is 218 g/mol. The maximum atomic E-state index is 5.57. The van der Waals surface area contributed by atoms with Crippen molar-refractivity contribution in [2.75, 3.05) is 5.73 Å². The highest BCUT2D eigenvalue weighted by Gasteiger charge is 2.04. The third-order valence-electron chi connectivity index (χ3n) is 2.20. The zero-order chi connectivity index (χ0) is 11.5. The summed E-state index contributed by atoms with van der Waals surface area (Å²) in [5, 5.41) is 4.10. The Morgan fingerprint density at radius 2 is 2.25 bits per heavy atom. The van der Waals surface area contributed by atoms with Gasteiger partial charge in [0.15, 0.2) is 5.82 Å². The lowest BCUT2D eigenvalue weighted by Crippen LogP contribution is -1.99. The van der Waals surface area contributed by atoms with E-state index in [0.29, 0.717) is 18.4 Å². The fraction of sp³-hybridized carbons (Fsp3) is 0.273. The first kappa shape index (κ1) is 10.5. The number of nitrogen functional groups attached to an aromatic ring is 1. The number of rotatable bonds is 3. The molecule has 1 aromatic heterocycles. The predicted molar refractivity (Wildman–Crippen MR) is 60.9 cm³/mol. The van der Waals surface area contributed by atoms with Gasteiger partial charge in [0.25, 0.3) is 0 Å². The molecule has 5 heteroatoms. The Morgan fingerprint density at radius 3 is 2.88 bits per heavy atom. The SMILES string of the molecule is Cc1cccc(OCc2nc(N)n(C)n2)c1. The minimum Gasteiger partial charge on any atom is -0.486 e. The second kappa shape index (κ2) is 4.22. The lowest BCUT2D eigenvalue weighted by atomic mass is 10.2. The highest BCUT2D eigenvalue weighted by molar-refractivity contribution is 5.27. The van der Waals surface area contributed by atoms with Gasteiger partial charge in [0.1, 0.15) is 12.4 Å². The maximum Gasteiger partial charge on any atom is 0.218 e. The molecule has 0 atom stereocenters. The van der Waals surface area contributed by atoms with Gasteiger partial charge in [0, 0.05) is 7.05 Å². The second-order valence-electron chi connectivity index (χ2n) is 3.62. The molecule has 0 radical (unpaired) electrons. The summed E-state index contributed by atoms with van der Waals surface area (Å²) < 4.78 is 7.07. The number of aryl methyl sites for hydroxylation is 2. The summed E-state index contributed by atoms with van der Waals surface area (Å²) in [6, 6.07) is 7.83. The Morgan fingerprint density at radius 1 is 1.44 bits per heavy atom. The van der Waals surface area contributed by atoms with Gasteiger partial charge in [-0.05, 0) is 24.6 Å². The molecule has 5 nitrogen and oxygen atoms in total. The minimum absolute atomic E-state index is 0.328. The van der Waals surface area contributed by atoms with Crippen LogP contribution in [-0.4, -0.2) is 14.8 Å². The Balaban J connectivity index is 2.02. The van der Waals surface area contributed by atoms with Gasteiger partial charge < -0.3 is 10.5 Å². The van der Waals surface area contributed by atoms with Gasteiger partial charge in [-0.25, -0.2) is 4.68 Å². The minimum atomic E-state index is 0.328. The molecule has 0 unspecified atom stereocenters. The van der Waals surface area contributed by atoms with Crippen LogP contribution in [0.2, 0.25) is 0 Å². The largest absolute Gasteiger partial charge is 0.486 e. The molecule has 16 heavy (non-hydrogen) atoms. The number of nitrogens with two attached hydrogens (primary N) is 1. The smallest absolute Gasteiger partial charge is 0.218 e. The Labute approximate surface area is 93.9 Å². The Hall–Kier alpha value is -2.04. The predicted octanol–water partition coefficient (Wildman–Crippen LogP) is 1.28. The van der Waals surface area contributed by atoms with Crippen molar-refractivity contribution in [3.63, 3.8) is 0 Å². The number of hydrogen-bond donors (Lipinski definition) is 1. The van der Waals surface area contributed by atoms with Gasteiger partial charge in [0.2, 0.25) is 5.95 Å². The fourth-order valence-corrected chi connectivity index (χ4v) is 1.37. The van der Waals surface area contributed by atoms with Crippen molar-refractivity contribution in [3.8, 4) is 5.75 Å². The summed E-state index contributed by atoms with van der Waals surface area (Å²) in [6.07, 6.45) is 0. The van der Waals surface area contributed by atoms with Crippen molar-refractivity contribution in [2.24, 2.45) is 7.05 Å². The summed E-state index contributed by atoms with van der Waals surface area (Å²) in [6.45, 7) is 2.35. The van der Waals surface area contributed by atoms with Crippen LogP contribution in [-0.2, 0) is 13.7 Å². The van der Waals surface area contributed by atoms with Gasteiger partial charge in [0.05, 0.1) is 0 Å². The van der Waals surface area contributed by atoms with Crippen LogP contribution in [0, 0.1) is 6.92 Å². The van der Waals surface area contributed by atoms with Crippen molar-refractivity contribution in [1.82, 2.24) is 14.8 Å². The lowest BCUT2D eigenvalue weighted by molar-refractivity contribution is 0.295. The first-order chi connectivity index (χ1) is 7.65. The van der Waals surface area contributed by atoms with Crippen LogP contribution in [0.15, 0.2) is 24.3 Å². The highest BCUT2D eigenvalue weighted by atomic mass is 16.5. The molecule has 0 aliphatic carbocycles. The maximum absolute atomic E-state index is 5.57. The molecule has 0 amide bonds. The van der Waals surface area contributed by atoms with E-state index < -0.39 is 0 Å². The monoisotopic (exact) mass is 218 g/mol. The molecule has 0 bridgehead atoms. The molecular weight excluding hydrogens is 204 g/mol.